The van der Waals surface area contributed by atoms with Gasteiger partial charge in [-0.25, -0.2) is 4.79 Å². The van der Waals surface area contributed by atoms with Gasteiger partial charge in [0.05, 0.1) is 17.9 Å². The van der Waals surface area contributed by atoms with Crippen molar-refractivity contribution in [3.8, 4) is 11.5 Å². The third-order valence-electron chi connectivity index (χ3n) is 6.34. The summed E-state index contributed by atoms with van der Waals surface area (Å²) < 4.78 is 43.1. The highest BCUT2D eigenvalue weighted by Crippen LogP contribution is 2.68. The predicted octanol–water partition coefficient (Wildman–Crippen LogP) is 3.27. The second-order valence-electron chi connectivity index (χ2n) is 8.65. The lowest BCUT2D eigenvalue weighted by molar-refractivity contribution is -0.192. The van der Waals surface area contributed by atoms with Gasteiger partial charge in [0.2, 0.25) is 0 Å². The first-order valence-corrected chi connectivity index (χ1v) is 10.7. The standard InChI is InChI=1S/C22H23NO6.C2HF3O2/c1-28-18-9-17(29-11-15-5-3-2-4-6-15)8-7-16(18)10-23-13-21(19(24)25)12-22(21,14-23)20(26)27;3-2(4,5)1(6)7/h2-9H,10-14H2,1H3,(H,24,25)(H,26,27);(H,6,7)/t21-,22+;. The van der Waals surface area contributed by atoms with Gasteiger partial charge >= 0.3 is 24.1 Å². The summed E-state index contributed by atoms with van der Waals surface area (Å²) in [7, 11) is 1.57. The van der Waals surface area contributed by atoms with E-state index in [1.54, 1.807) is 13.2 Å². The molecule has 0 radical (unpaired) electrons. The molecule has 2 fully saturated rings. The Bertz CT molecular complexity index is 1110. The molecule has 3 N–H and O–H groups in total. The fraction of sp³-hybridized carbons (Fsp3) is 0.375. The Morgan fingerprint density at radius 2 is 1.53 bits per heavy atom. The molecule has 2 aromatic rings. The minimum atomic E-state index is -5.08. The molecule has 194 valence electrons. The average molecular weight is 511 g/mol. The van der Waals surface area contributed by atoms with E-state index in [1.165, 1.54) is 0 Å². The molecule has 0 bridgehead atoms. The van der Waals surface area contributed by atoms with Gasteiger partial charge in [-0.3, -0.25) is 14.5 Å². The van der Waals surface area contributed by atoms with Gasteiger partial charge in [-0.15, -0.1) is 0 Å². The van der Waals surface area contributed by atoms with Gasteiger partial charge in [-0.05, 0) is 18.1 Å². The number of benzene rings is 2. The minimum Gasteiger partial charge on any atom is -0.496 e. The molecule has 2 aromatic carbocycles. The van der Waals surface area contributed by atoms with E-state index in [1.807, 2.05) is 47.4 Å². The maximum absolute atomic E-state index is 11.7. The smallest absolute Gasteiger partial charge is 0.490 e. The first-order chi connectivity index (χ1) is 16.8. The molecule has 9 nitrogen and oxygen atoms in total. The lowest BCUT2D eigenvalue weighted by atomic mass is 9.97. The van der Waals surface area contributed by atoms with Crippen molar-refractivity contribution in [3.05, 3.63) is 59.7 Å². The normalized spacial score (nSPS) is 22.6. The molecule has 0 spiro atoms. The van der Waals surface area contributed by atoms with Crippen LogP contribution in [0.25, 0.3) is 0 Å². The van der Waals surface area contributed by atoms with Crippen LogP contribution in [0.1, 0.15) is 17.5 Å². The molecular formula is C24H24F3NO8. The van der Waals surface area contributed by atoms with E-state index >= 15 is 0 Å². The molecule has 2 atom stereocenters. The van der Waals surface area contributed by atoms with Crippen molar-refractivity contribution in [2.75, 3.05) is 20.2 Å². The molecule has 2 aliphatic rings. The van der Waals surface area contributed by atoms with Crippen molar-refractivity contribution in [3.63, 3.8) is 0 Å². The van der Waals surface area contributed by atoms with Crippen molar-refractivity contribution < 1.29 is 52.3 Å². The number of carbonyl (C=O) groups is 3. The van der Waals surface area contributed by atoms with Crippen molar-refractivity contribution in [1.29, 1.82) is 0 Å². The van der Waals surface area contributed by atoms with Gasteiger partial charge in [0, 0.05) is 31.3 Å². The van der Waals surface area contributed by atoms with Gasteiger partial charge < -0.3 is 24.8 Å². The minimum absolute atomic E-state index is 0.199. The second kappa shape index (κ2) is 10.1. The molecule has 4 rings (SSSR count). The number of aliphatic carboxylic acids is 3. The Labute approximate surface area is 203 Å². The molecule has 1 saturated heterocycles. The molecule has 0 unspecified atom stereocenters. The van der Waals surface area contributed by atoms with E-state index in [9.17, 15) is 33.0 Å². The summed E-state index contributed by atoms with van der Waals surface area (Å²) in [5.74, 6) is -3.52. The Kier molecular flexibility index (Phi) is 7.48. The van der Waals surface area contributed by atoms with Gasteiger partial charge in [0.25, 0.3) is 0 Å². The molecule has 0 amide bonds. The van der Waals surface area contributed by atoms with Crippen LogP contribution in [0.15, 0.2) is 48.5 Å². The number of likely N-dealkylation sites (tertiary alicyclic amines) is 1. The highest BCUT2D eigenvalue weighted by Gasteiger charge is 2.80. The number of alkyl halides is 3. The fourth-order valence-electron chi connectivity index (χ4n) is 4.44. The zero-order valence-corrected chi connectivity index (χ0v) is 19.1. The van der Waals surface area contributed by atoms with Crippen molar-refractivity contribution in [2.24, 2.45) is 10.8 Å². The summed E-state index contributed by atoms with van der Waals surface area (Å²) in [5, 5.41) is 26.3. The average Bonchev–Trinajstić information content (AvgIpc) is 3.37. The van der Waals surface area contributed by atoms with Gasteiger partial charge in [-0.1, -0.05) is 36.4 Å². The zero-order valence-electron chi connectivity index (χ0n) is 19.1. The quantitative estimate of drug-likeness (QED) is 0.488. The molecule has 0 aromatic heterocycles. The van der Waals surface area contributed by atoms with E-state index in [0.717, 1.165) is 11.1 Å². The maximum atomic E-state index is 11.7. The predicted molar refractivity (Wildman–Crippen MR) is 117 cm³/mol. The number of carboxylic acid groups (broad SMARTS) is 3. The number of piperidine rings is 1. The lowest BCUT2D eigenvalue weighted by Crippen LogP contribution is -2.28. The van der Waals surface area contributed by atoms with Crippen LogP contribution in [-0.2, 0) is 27.5 Å². The molecule has 1 heterocycles. The molecule has 12 heteroatoms. The third-order valence-corrected chi connectivity index (χ3v) is 6.34. The van der Waals surface area contributed by atoms with Crippen LogP contribution in [0.5, 0.6) is 11.5 Å². The highest BCUT2D eigenvalue weighted by molar-refractivity contribution is 5.94. The van der Waals surface area contributed by atoms with Gasteiger partial charge in [-0.2, -0.15) is 13.2 Å². The van der Waals surface area contributed by atoms with Crippen LogP contribution in [0, 0.1) is 10.8 Å². The van der Waals surface area contributed by atoms with Crippen LogP contribution in [0.3, 0.4) is 0 Å². The Hall–Kier alpha value is -3.80. The van der Waals surface area contributed by atoms with Gasteiger partial charge in [0.15, 0.2) is 0 Å². The number of rotatable bonds is 8. The summed E-state index contributed by atoms with van der Waals surface area (Å²) in [6, 6.07) is 15.4. The van der Waals surface area contributed by atoms with E-state index in [2.05, 4.69) is 0 Å². The Morgan fingerprint density at radius 1 is 0.972 bits per heavy atom. The number of fused-ring (bicyclic) bond motifs is 1. The largest absolute Gasteiger partial charge is 0.496 e. The van der Waals surface area contributed by atoms with E-state index in [4.69, 9.17) is 19.4 Å². The molecule has 1 saturated carbocycles. The summed E-state index contributed by atoms with van der Waals surface area (Å²) in [5.41, 5.74) is -0.429. The summed E-state index contributed by atoms with van der Waals surface area (Å²) in [6.07, 6.45) is -4.88. The maximum Gasteiger partial charge on any atom is 0.490 e. The van der Waals surface area contributed by atoms with Crippen LogP contribution < -0.4 is 9.47 Å². The Morgan fingerprint density at radius 3 is 2.00 bits per heavy atom. The van der Waals surface area contributed by atoms with E-state index in [0.29, 0.717) is 24.7 Å². The van der Waals surface area contributed by atoms with Gasteiger partial charge in [0.1, 0.15) is 18.1 Å². The van der Waals surface area contributed by atoms with Crippen LogP contribution in [-0.4, -0.2) is 64.5 Å². The number of nitrogens with zero attached hydrogens (tertiary/aromatic N) is 1. The molecule has 1 aliphatic heterocycles. The molecular weight excluding hydrogens is 487 g/mol. The first kappa shape index (κ1) is 26.8. The highest BCUT2D eigenvalue weighted by atomic mass is 19.4. The van der Waals surface area contributed by atoms with Crippen LogP contribution >= 0.6 is 0 Å². The topological polar surface area (TPSA) is 134 Å². The summed E-state index contributed by atoms with van der Waals surface area (Å²) in [4.78, 5) is 34.2. The number of carboxylic acids is 3. The van der Waals surface area contributed by atoms with E-state index < -0.39 is 34.9 Å². The molecule has 36 heavy (non-hydrogen) atoms. The van der Waals surface area contributed by atoms with Crippen molar-refractivity contribution in [2.45, 2.75) is 25.7 Å². The van der Waals surface area contributed by atoms with Crippen molar-refractivity contribution >= 4 is 17.9 Å². The van der Waals surface area contributed by atoms with E-state index in [-0.39, 0.29) is 19.5 Å². The fourth-order valence-corrected chi connectivity index (χ4v) is 4.44. The second-order valence-corrected chi connectivity index (χ2v) is 8.65. The third kappa shape index (κ3) is 5.38. The monoisotopic (exact) mass is 511 g/mol. The Balaban J connectivity index is 0.000000454. The number of hydrogen-bond donors (Lipinski definition) is 3. The number of ether oxygens (including phenoxy) is 2. The number of methoxy groups -OCH3 is 1. The summed E-state index contributed by atoms with van der Waals surface area (Å²) in [6.45, 7) is 1.32. The van der Waals surface area contributed by atoms with Crippen LogP contribution in [0.4, 0.5) is 13.2 Å². The van der Waals surface area contributed by atoms with Crippen molar-refractivity contribution in [1.82, 2.24) is 4.90 Å². The first-order valence-electron chi connectivity index (χ1n) is 10.7. The van der Waals surface area contributed by atoms with Crippen LogP contribution in [0.2, 0.25) is 0 Å². The number of halogens is 3. The summed E-state index contributed by atoms with van der Waals surface area (Å²) >= 11 is 0. The molecule has 1 aliphatic carbocycles. The number of hydrogen-bond acceptors (Lipinski definition) is 6. The lowest BCUT2D eigenvalue weighted by Gasteiger charge is -2.21. The SMILES string of the molecule is COc1cc(OCc2ccccc2)ccc1CN1C[C@@]2(C(=O)O)C[C@@]2(C(=O)O)C1.O=C(O)C(F)(F)F. The zero-order chi connectivity index (χ0) is 26.7.